The van der Waals surface area contributed by atoms with Gasteiger partial charge in [-0.25, -0.2) is 72.1 Å². The second kappa shape index (κ2) is 48.7. The smallest absolute Gasteiger partial charge is 0.306 e. The highest BCUT2D eigenvalue weighted by Gasteiger charge is 2.34. The third kappa shape index (κ3) is 23.7. The van der Waals surface area contributed by atoms with Gasteiger partial charge in [0, 0.05) is 16.7 Å². The van der Waals surface area contributed by atoms with Crippen LogP contribution in [0.5, 0.6) is 17.2 Å². The molecule has 0 bridgehead atoms. The van der Waals surface area contributed by atoms with E-state index in [9.17, 15) is 56.3 Å². The lowest BCUT2D eigenvalue weighted by Crippen LogP contribution is -2.27. The van der Waals surface area contributed by atoms with Crippen molar-refractivity contribution >= 4 is 154 Å². The summed E-state index contributed by atoms with van der Waals surface area (Å²) in [4.78, 5) is 140. The maximum Gasteiger partial charge on any atom is 0.306 e. The van der Waals surface area contributed by atoms with E-state index in [-0.39, 0.29) is 197 Å². The summed E-state index contributed by atoms with van der Waals surface area (Å²) in [5.74, 6) is -14.8. The number of halogens is 9. The van der Waals surface area contributed by atoms with Crippen LogP contribution in [0, 0.1) is 46.7 Å². The Hall–Kier alpha value is -17.9. The molecule has 18 aromatic rings. The first kappa shape index (κ1) is 113. The van der Waals surface area contributed by atoms with Crippen molar-refractivity contribution in [2.45, 2.75) is 101 Å². The molecular weight excluding hydrogens is 2020 g/mol. The van der Waals surface area contributed by atoms with Crippen molar-refractivity contribution in [3.05, 3.63) is 299 Å². The zero-order valence-corrected chi connectivity index (χ0v) is 79.8. The summed E-state index contributed by atoms with van der Waals surface area (Å²) in [7, 11) is 3.72. The maximum atomic E-state index is 15.2. The van der Waals surface area contributed by atoms with Gasteiger partial charge in [-0.2, -0.15) is 28.5 Å². The highest BCUT2D eigenvalue weighted by molar-refractivity contribution is 6.36. The minimum Gasteiger partial charge on any atom is -0.494 e. The van der Waals surface area contributed by atoms with Crippen molar-refractivity contribution in [1.82, 2.24) is 87.9 Å². The molecule has 0 radical (unpaired) electrons. The van der Waals surface area contributed by atoms with Crippen LogP contribution in [0.25, 0.3) is 117 Å². The Labute approximate surface area is 855 Å². The fraction of sp³-hybridized carbons (Fsp3) is 0.198. The number of nitrogens with zero attached hydrogens (tertiary/aromatic N) is 18. The average Bonchev–Trinajstić information content (AvgIpc) is 1.47. The second-order valence-electron chi connectivity index (χ2n) is 31.8. The summed E-state index contributed by atoms with van der Waals surface area (Å²) in [6.45, 7) is 8.00. The molecule has 5 atom stereocenters. The molecule has 48 heteroatoms. The number of carboxylic acid groups (broad SMARTS) is 6. The highest BCUT2D eigenvalue weighted by atomic mass is 35.5. The molecule has 9 aromatic carbocycles. The van der Waals surface area contributed by atoms with Crippen molar-refractivity contribution in [2.75, 3.05) is 38.5 Å². The van der Waals surface area contributed by atoms with Gasteiger partial charge < -0.3 is 62.1 Å². The fourth-order valence-corrected chi connectivity index (χ4v) is 15.9. The van der Waals surface area contributed by atoms with E-state index in [1.165, 1.54) is 118 Å². The zero-order valence-electron chi connectivity index (χ0n) is 77.5. The number of hydrogen-bond acceptors (Lipinski definition) is 27. The lowest BCUT2D eigenvalue weighted by molar-refractivity contribution is -0.147. The van der Waals surface area contributed by atoms with Gasteiger partial charge in [-0.3, -0.25) is 56.9 Å². The van der Waals surface area contributed by atoms with Crippen molar-refractivity contribution in [1.29, 1.82) is 0 Å². The Morgan fingerprint density at radius 1 is 0.336 bits per heavy atom. The van der Waals surface area contributed by atoms with E-state index in [4.69, 9.17) is 112 Å². The van der Waals surface area contributed by atoms with Crippen LogP contribution in [0.3, 0.4) is 0 Å². The number of ether oxygens (including phenoxy) is 3. The van der Waals surface area contributed by atoms with E-state index in [1.807, 2.05) is 18.2 Å². The first-order valence-electron chi connectivity index (χ1n) is 43.3. The molecule has 0 aliphatic heterocycles. The molecule has 0 aliphatic rings. The van der Waals surface area contributed by atoms with Gasteiger partial charge in [0.15, 0.2) is 51.6 Å². The van der Waals surface area contributed by atoms with E-state index >= 15 is 13.2 Å². The maximum absolute atomic E-state index is 15.2. The summed E-state index contributed by atoms with van der Waals surface area (Å²) in [5.41, 5.74) is 20.6. The van der Waals surface area contributed by atoms with Crippen LogP contribution >= 0.6 is 34.8 Å². The zero-order chi connectivity index (χ0) is 106. The number of aromatic nitrogens is 18. The number of nitrogens with two attached hydrogens (primary N) is 3. The van der Waals surface area contributed by atoms with Gasteiger partial charge in [0.1, 0.15) is 89.1 Å². The normalized spacial score (nSPS) is 11.8. The van der Waals surface area contributed by atoms with Crippen molar-refractivity contribution in [2.24, 2.45) is 11.8 Å². The molecule has 0 aliphatic carbocycles. The Bertz CT molecular complexity index is 7590. The van der Waals surface area contributed by atoms with Gasteiger partial charge in [-0.05, 0) is 130 Å². The minimum atomic E-state index is -1.17. The SMILES string of the molecule is C.C.C.COc1ccc(-c2nn([C@@H](C)c3nc4cccc(Cl)c4c(=O)n3-c3ccccc3)c3ncnc(N)c23)c(F)c1F.COc1ccc(-c2nn([C@@H](C)c3nc4cccc(Cl)c4c(=O)n3-c3ccccc3)c3ncnc(N)c23)c(F)c1F.COc1ccc(-c2nn([C@@H](C)c3nc4cccc(Cl)c4c(=O)n3-c3ccccc3)c3ncnc(N)c23)c(F)c1F.C[C@@H](CC(=O)O)C(=O)O.C[C@H](CC(=O)O)C(=O)O.O=C(O)CCC(=O)O. The van der Waals surface area contributed by atoms with Gasteiger partial charge in [0.2, 0.25) is 17.5 Å². The summed E-state index contributed by atoms with van der Waals surface area (Å²) >= 11 is 19.2. The summed E-state index contributed by atoms with van der Waals surface area (Å²) in [6.07, 6.45) is 2.52. The van der Waals surface area contributed by atoms with Crippen LogP contribution in [0.2, 0.25) is 15.1 Å². The van der Waals surface area contributed by atoms with E-state index in [0.717, 1.165) is 0 Å². The lowest BCUT2D eigenvalue weighted by atomic mass is 10.1. The molecule has 0 unspecified atom stereocenters. The van der Waals surface area contributed by atoms with E-state index in [0.29, 0.717) is 51.1 Å². The highest BCUT2D eigenvalue weighted by Crippen LogP contribution is 2.42. The van der Waals surface area contributed by atoms with Crippen LogP contribution in [0.15, 0.2) is 215 Å². The average molecular weight is 2110 g/mol. The van der Waals surface area contributed by atoms with E-state index in [2.05, 4.69) is 45.2 Å². The van der Waals surface area contributed by atoms with Gasteiger partial charge in [0.25, 0.3) is 16.7 Å². The second-order valence-corrected chi connectivity index (χ2v) is 33.0. The number of fused-ring (bicyclic) bond motifs is 6. The van der Waals surface area contributed by atoms with Gasteiger partial charge >= 0.3 is 35.8 Å². The molecule has 0 amide bonds. The predicted molar refractivity (Wildman–Crippen MR) is 546 cm³/mol. The third-order valence-electron chi connectivity index (χ3n) is 22.4. The summed E-state index contributed by atoms with van der Waals surface area (Å²) < 4.78 is 113. The molecule has 9 aromatic heterocycles. The first-order chi connectivity index (χ1) is 69.6. The largest absolute Gasteiger partial charge is 0.494 e. The predicted octanol–water partition coefficient (Wildman–Crippen LogP) is 18.2. The molecule has 39 nitrogen and oxygen atoms in total. The number of rotatable bonds is 24. The molecule has 0 spiro atoms. The summed E-state index contributed by atoms with van der Waals surface area (Å²) in [5, 5.41) is 64.4. The molecule has 0 saturated carbocycles. The Morgan fingerprint density at radius 2 is 0.584 bits per heavy atom. The van der Waals surface area contributed by atoms with Crippen LogP contribution in [0.4, 0.5) is 43.8 Å². The van der Waals surface area contributed by atoms with E-state index in [1.54, 1.807) is 148 Å². The topological polar surface area (TPSA) is 565 Å². The lowest BCUT2D eigenvalue weighted by Gasteiger charge is -2.19. The van der Waals surface area contributed by atoms with Gasteiger partial charge in [-0.1, -0.05) is 144 Å². The van der Waals surface area contributed by atoms with Crippen molar-refractivity contribution in [3.8, 4) is 68.1 Å². The number of carboxylic acids is 6. The molecule has 774 valence electrons. The fourth-order valence-electron chi connectivity index (χ4n) is 15.2. The van der Waals surface area contributed by atoms with Crippen LogP contribution < -0.4 is 48.1 Å². The summed E-state index contributed by atoms with van der Waals surface area (Å²) in [6, 6.07) is 47.6. The molecule has 12 N–H and O–H groups in total. The Balaban J connectivity index is 0.000000201. The van der Waals surface area contributed by atoms with Gasteiger partial charge in [-0.15, -0.1) is 0 Å². The van der Waals surface area contributed by atoms with Crippen LogP contribution in [0.1, 0.15) is 118 Å². The Kier molecular flexibility index (Phi) is 36.9. The number of methoxy groups -OCH3 is 3. The first-order valence-corrected chi connectivity index (χ1v) is 44.4. The molecule has 0 fully saturated rings. The van der Waals surface area contributed by atoms with Crippen molar-refractivity contribution in [3.63, 3.8) is 0 Å². The number of aliphatic carboxylic acids is 6. The Morgan fingerprint density at radius 3 is 0.799 bits per heavy atom. The number of benzene rings is 9. The number of carbonyl (C=O) groups is 6. The number of para-hydroxylation sites is 3. The number of hydrogen-bond donors (Lipinski definition) is 9. The van der Waals surface area contributed by atoms with Crippen molar-refractivity contribution < 1.29 is 100.0 Å². The van der Waals surface area contributed by atoms with Crippen LogP contribution in [-0.4, -0.2) is 176 Å². The number of nitrogen functional groups attached to an aromatic ring is 3. The van der Waals surface area contributed by atoms with E-state index < -0.39 is 101 Å². The standard InChI is InChI=1S/3C28H20ClF2N7O2.2C5H8O4.C4H6O4.3CH4/c3*1-14(26-35-18-10-6-9-17(29)20(18)28(39)37(26)15-7-4-3-5-8-15)38-27-21(25(32)33-13-34-27)24(36-38)16-11-12-19(40-2)23(31)22(16)30;2*1-3(5(8)9)2-4(6)7;5-3(6)1-2-4(7)8;;;/h3*3-14H,1-2H3,(H2,32,33,34);2*3H,2H2,1H3,(H,6,7)(H,8,9);1-2H2,(H,5,6)(H,7,8);3*1H4/t3*14-;2*3-;;;;/m00010..../s1. The molecule has 149 heavy (non-hydrogen) atoms. The number of anilines is 3. The third-order valence-corrected chi connectivity index (χ3v) is 23.3. The monoisotopic (exact) mass is 2110 g/mol. The molecule has 9 heterocycles. The molecule has 18 rings (SSSR count). The molecular formula is C101H94Cl3F6N21O18. The molecule has 0 saturated heterocycles. The van der Waals surface area contributed by atoms with Gasteiger partial charge in [0.05, 0.1) is 140 Å². The van der Waals surface area contributed by atoms with Crippen LogP contribution in [-0.2, 0) is 28.8 Å². The minimum absolute atomic E-state index is 0. The quantitative estimate of drug-likeness (QED) is 0.0254.